The highest BCUT2D eigenvalue weighted by atomic mass is 32.1. The molecule has 21 heavy (non-hydrogen) atoms. The third-order valence-electron chi connectivity index (χ3n) is 2.76. The number of carboxylic acids is 1. The van der Waals surface area contributed by atoms with E-state index in [4.69, 9.17) is 14.6 Å². The van der Waals surface area contributed by atoms with Crippen molar-refractivity contribution in [3.8, 4) is 22.1 Å². The second kappa shape index (κ2) is 7.08. The molecular weight excluding hydrogens is 290 g/mol. The summed E-state index contributed by atoms with van der Waals surface area (Å²) in [6.45, 7) is 2.65. The van der Waals surface area contributed by atoms with Crippen LogP contribution in [-0.4, -0.2) is 29.8 Å². The SMILES string of the molecule is CCCOc1cc(-c2nc(CC(=O)O)cs2)ccc1OC. The quantitative estimate of drug-likeness (QED) is 0.850. The molecule has 1 aromatic heterocycles. The van der Waals surface area contributed by atoms with Crippen LogP contribution >= 0.6 is 11.3 Å². The summed E-state index contributed by atoms with van der Waals surface area (Å²) < 4.78 is 10.9. The van der Waals surface area contributed by atoms with Crippen LogP contribution < -0.4 is 9.47 Å². The minimum atomic E-state index is -0.881. The zero-order chi connectivity index (χ0) is 15.2. The number of carbonyl (C=O) groups is 1. The summed E-state index contributed by atoms with van der Waals surface area (Å²) in [4.78, 5) is 15.0. The van der Waals surface area contributed by atoms with E-state index < -0.39 is 5.97 Å². The number of aromatic nitrogens is 1. The predicted molar refractivity (Wildman–Crippen MR) is 81.2 cm³/mol. The summed E-state index contributed by atoms with van der Waals surface area (Å²) in [7, 11) is 1.60. The average molecular weight is 307 g/mol. The Morgan fingerprint density at radius 2 is 2.19 bits per heavy atom. The molecule has 1 N–H and O–H groups in total. The lowest BCUT2D eigenvalue weighted by Gasteiger charge is -2.10. The summed E-state index contributed by atoms with van der Waals surface area (Å²) in [6, 6.07) is 5.59. The molecule has 6 heteroatoms. The number of rotatable bonds is 7. The lowest BCUT2D eigenvalue weighted by Crippen LogP contribution is -2.00. The lowest BCUT2D eigenvalue weighted by molar-refractivity contribution is -0.136. The number of thiazole rings is 1. The zero-order valence-electron chi connectivity index (χ0n) is 12.0. The van der Waals surface area contributed by atoms with E-state index in [1.807, 2.05) is 25.1 Å². The molecule has 112 valence electrons. The van der Waals surface area contributed by atoms with Crippen molar-refractivity contribution in [2.45, 2.75) is 19.8 Å². The van der Waals surface area contributed by atoms with E-state index >= 15 is 0 Å². The number of nitrogens with zero attached hydrogens (tertiary/aromatic N) is 1. The molecule has 0 aliphatic heterocycles. The van der Waals surface area contributed by atoms with Gasteiger partial charge in [0.1, 0.15) is 5.01 Å². The van der Waals surface area contributed by atoms with E-state index in [-0.39, 0.29) is 6.42 Å². The minimum Gasteiger partial charge on any atom is -0.493 e. The van der Waals surface area contributed by atoms with Gasteiger partial charge in [-0.2, -0.15) is 0 Å². The number of ether oxygens (including phenoxy) is 2. The Morgan fingerprint density at radius 1 is 1.38 bits per heavy atom. The van der Waals surface area contributed by atoms with Crippen molar-refractivity contribution in [2.75, 3.05) is 13.7 Å². The smallest absolute Gasteiger partial charge is 0.309 e. The maximum absolute atomic E-state index is 10.7. The van der Waals surface area contributed by atoms with Crippen LogP contribution in [0.2, 0.25) is 0 Å². The van der Waals surface area contributed by atoms with Crippen LogP contribution in [0.1, 0.15) is 19.0 Å². The van der Waals surface area contributed by atoms with E-state index in [0.29, 0.717) is 23.8 Å². The van der Waals surface area contributed by atoms with E-state index in [1.54, 1.807) is 12.5 Å². The Morgan fingerprint density at radius 3 is 2.86 bits per heavy atom. The molecule has 1 aromatic carbocycles. The van der Waals surface area contributed by atoms with Crippen LogP contribution in [0.25, 0.3) is 10.6 Å². The summed E-state index contributed by atoms with van der Waals surface area (Å²) >= 11 is 1.42. The van der Waals surface area contributed by atoms with E-state index in [1.165, 1.54) is 11.3 Å². The van der Waals surface area contributed by atoms with Gasteiger partial charge in [-0.05, 0) is 24.6 Å². The normalized spacial score (nSPS) is 10.4. The van der Waals surface area contributed by atoms with Crippen molar-refractivity contribution in [2.24, 2.45) is 0 Å². The summed E-state index contributed by atoms with van der Waals surface area (Å²) in [5, 5.41) is 11.3. The van der Waals surface area contributed by atoms with Gasteiger partial charge in [-0.15, -0.1) is 11.3 Å². The molecule has 0 radical (unpaired) electrons. The number of benzene rings is 1. The van der Waals surface area contributed by atoms with Crippen LogP contribution in [0, 0.1) is 0 Å². The first kappa shape index (κ1) is 15.3. The van der Waals surface area contributed by atoms with Crippen molar-refractivity contribution >= 4 is 17.3 Å². The number of aliphatic carboxylic acids is 1. The van der Waals surface area contributed by atoms with Crippen LogP contribution in [0.3, 0.4) is 0 Å². The van der Waals surface area contributed by atoms with Gasteiger partial charge in [0.2, 0.25) is 0 Å². The number of hydrogen-bond acceptors (Lipinski definition) is 5. The van der Waals surface area contributed by atoms with E-state index in [2.05, 4.69) is 4.98 Å². The van der Waals surface area contributed by atoms with Crippen molar-refractivity contribution in [1.29, 1.82) is 0 Å². The molecule has 2 rings (SSSR count). The Labute approximate surface area is 127 Å². The largest absolute Gasteiger partial charge is 0.493 e. The molecule has 0 aliphatic rings. The molecule has 0 saturated carbocycles. The molecule has 0 unspecified atom stereocenters. The standard InChI is InChI=1S/C15H17NO4S/c1-3-6-20-13-7-10(4-5-12(13)19-2)15-16-11(9-21-15)8-14(17)18/h4-5,7,9H,3,6,8H2,1-2H3,(H,17,18). The fourth-order valence-electron chi connectivity index (χ4n) is 1.81. The fraction of sp³-hybridized carbons (Fsp3) is 0.333. The molecule has 0 saturated heterocycles. The van der Waals surface area contributed by atoms with Gasteiger partial charge in [-0.25, -0.2) is 4.98 Å². The number of hydrogen-bond donors (Lipinski definition) is 1. The first-order valence-electron chi connectivity index (χ1n) is 6.61. The Hall–Kier alpha value is -2.08. The van der Waals surface area contributed by atoms with E-state index in [0.717, 1.165) is 17.0 Å². The highest BCUT2D eigenvalue weighted by Gasteiger charge is 2.11. The highest BCUT2D eigenvalue weighted by Crippen LogP contribution is 2.33. The molecule has 0 amide bonds. The second-order valence-electron chi connectivity index (χ2n) is 4.43. The molecule has 0 spiro atoms. The van der Waals surface area contributed by atoms with Crippen molar-refractivity contribution < 1.29 is 19.4 Å². The Kier molecular flexibility index (Phi) is 5.16. The van der Waals surface area contributed by atoms with Crippen LogP contribution in [0.15, 0.2) is 23.6 Å². The fourth-order valence-corrected chi connectivity index (χ4v) is 2.63. The second-order valence-corrected chi connectivity index (χ2v) is 5.29. The molecule has 0 fully saturated rings. The minimum absolute atomic E-state index is 0.0636. The van der Waals surface area contributed by atoms with Crippen LogP contribution in [-0.2, 0) is 11.2 Å². The number of methoxy groups -OCH3 is 1. The van der Waals surface area contributed by atoms with E-state index in [9.17, 15) is 4.79 Å². The molecule has 0 aliphatic carbocycles. The topological polar surface area (TPSA) is 68.7 Å². The van der Waals surface area contributed by atoms with Crippen molar-refractivity contribution in [3.63, 3.8) is 0 Å². The highest BCUT2D eigenvalue weighted by molar-refractivity contribution is 7.13. The summed E-state index contributed by atoms with van der Waals surface area (Å²) in [6.07, 6.45) is 0.846. The van der Waals surface area contributed by atoms with Gasteiger partial charge in [0.25, 0.3) is 0 Å². The first-order chi connectivity index (χ1) is 10.1. The first-order valence-corrected chi connectivity index (χ1v) is 7.49. The van der Waals surface area contributed by atoms with Gasteiger partial charge in [-0.1, -0.05) is 6.92 Å². The molecule has 0 atom stereocenters. The molecular formula is C15H17NO4S. The Bertz CT molecular complexity index is 624. The van der Waals surface area contributed by atoms with Crippen molar-refractivity contribution in [1.82, 2.24) is 4.98 Å². The average Bonchev–Trinajstić information content (AvgIpc) is 2.92. The molecule has 0 bridgehead atoms. The molecule has 1 heterocycles. The molecule has 5 nitrogen and oxygen atoms in total. The van der Waals surface area contributed by atoms with Gasteiger partial charge in [0, 0.05) is 10.9 Å². The molecule has 2 aromatic rings. The number of carboxylic acid groups (broad SMARTS) is 1. The van der Waals surface area contributed by atoms with Gasteiger partial charge in [0.15, 0.2) is 11.5 Å². The maximum atomic E-state index is 10.7. The Balaban J connectivity index is 2.26. The predicted octanol–water partition coefficient (Wildman–Crippen LogP) is 3.23. The zero-order valence-corrected chi connectivity index (χ0v) is 12.8. The lowest BCUT2D eigenvalue weighted by atomic mass is 10.2. The third kappa shape index (κ3) is 3.95. The van der Waals surface area contributed by atoms with Gasteiger partial charge < -0.3 is 14.6 Å². The van der Waals surface area contributed by atoms with Crippen LogP contribution in [0.4, 0.5) is 0 Å². The monoisotopic (exact) mass is 307 g/mol. The van der Waals surface area contributed by atoms with Gasteiger partial charge in [0.05, 0.1) is 25.8 Å². The van der Waals surface area contributed by atoms with Gasteiger partial charge >= 0.3 is 5.97 Å². The van der Waals surface area contributed by atoms with Crippen molar-refractivity contribution in [3.05, 3.63) is 29.3 Å². The third-order valence-corrected chi connectivity index (χ3v) is 3.70. The summed E-state index contributed by atoms with van der Waals surface area (Å²) in [5.41, 5.74) is 1.46. The maximum Gasteiger partial charge on any atom is 0.309 e. The van der Waals surface area contributed by atoms with Crippen LogP contribution in [0.5, 0.6) is 11.5 Å². The summed E-state index contributed by atoms with van der Waals surface area (Å²) in [5.74, 6) is 0.467. The van der Waals surface area contributed by atoms with Gasteiger partial charge in [-0.3, -0.25) is 4.79 Å².